The minimum Gasteiger partial charge on any atom is -0.352 e. The third-order valence-electron chi connectivity index (χ3n) is 1.75. The van der Waals surface area contributed by atoms with Crippen LogP contribution in [0.3, 0.4) is 0 Å². The lowest BCUT2D eigenvalue weighted by Gasteiger charge is -1.93. The Balaban J connectivity index is 2.45. The number of nitrogens with one attached hydrogen (secondary N) is 1. The molecule has 2 aromatic rings. The zero-order valence-corrected chi connectivity index (χ0v) is 7.18. The van der Waals surface area contributed by atoms with E-state index >= 15 is 0 Å². The van der Waals surface area contributed by atoms with Gasteiger partial charge in [0.1, 0.15) is 5.15 Å². The van der Waals surface area contributed by atoms with Crippen molar-refractivity contribution < 1.29 is 0 Å². The summed E-state index contributed by atoms with van der Waals surface area (Å²) >= 11 is 5.75. The fraction of sp³-hybridized carbons (Fsp3) is 0. The Labute approximate surface area is 76.0 Å². The van der Waals surface area contributed by atoms with Gasteiger partial charge in [-0.15, -0.1) is 0 Å². The molecule has 2 rings (SSSR count). The van der Waals surface area contributed by atoms with E-state index in [2.05, 4.69) is 17.1 Å². The third kappa shape index (κ3) is 1.36. The Morgan fingerprint density at radius 2 is 1.75 bits per heavy atom. The number of H-pyrrole nitrogens is 1. The first-order valence-electron chi connectivity index (χ1n) is 3.75. The van der Waals surface area contributed by atoms with Crippen LogP contribution in [0.25, 0.3) is 11.1 Å². The smallest absolute Gasteiger partial charge is 0.106 e. The van der Waals surface area contributed by atoms with Crippen LogP contribution in [-0.4, -0.2) is 4.98 Å². The van der Waals surface area contributed by atoms with E-state index in [0.29, 0.717) is 5.15 Å². The SMILES string of the molecule is Clc1cc(-c2ccccc2)c[nH]1. The van der Waals surface area contributed by atoms with Gasteiger partial charge in [0.05, 0.1) is 0 Å². The standard InChI is InChI=1S/C10H8ClN/c11-10-6-9(7-12-10)8-4-2-1-3-5-8/h1-7,12H. The van der Waals surface area contributed by atoms with Gasteiger partial charge in [-0.3, -0.25) is 0 Å². The van der Waals surface area contributed by atoms with Crippen molar-refractivity contribution >= 4 is 11.6 Å². The van der Waals surface area contributed by atoms with Crippen LogP contribution in [0, 0.1) is 0 Å². The van der Waals surface area contributed by atoms with Crippen molar-refractivity contribution in [2.24, 2.45) is 0 Å². The van der Waals surface area contributed by atoms with Crippen LogP contribution in [0.1, 0.15) is 0 Å². The molecule has 0 amide bonds. The molecule has 1 aromatic carbocycles. The number of benzene rings is 1. The first kappa shape index (κ1) is 7.44. The summed E-state index contributed by atoms with van der Waals surface area (Å²) in [4.78, 5) is 2.93. The molecule has 0 bridgehead atoms. The predicted octanol–water partition coefficient (Wildman–Crippen LogP) is 3.34. The van der Waals surface area contributed by atoms with Gasteiger partial charge in [-0.1, -0.05) is 41.9 Å². The fourth-order valence-electron chi connectivity index (χ4n) is 1.16. The maximum atomic E-state index is 5.75. The number of aromatic nitrogens is 1. The fourth-order valence-corrected chi connectivity index (χ4v) is 1.34. The van der Waals surface area contributed by atoms with Gasteiger partial charge in [-0.25, -0.2) is 0 Å². The van der Waals surface area contributed by atoms with Crippen LogP contribution in [0.2, 0.25) is 5.15 Å². The van der Waals surface area contributed by atoms with Crippen molar-refractivity contribution in [3.8, 4) is 11.1 Å². The van der Waals surface area contributed by atoms with Gasteiger partial charge in [-0.05, 0) is 11.6 Å². The first-order chi connectivity index (χ1) is 5.86. The predicted molar refractivity (Wildman–Crippen MR) is 51.2 cm³/mol. The summed E-state index contributed by atoms with van der Waals surface area (Å²) in [6.07, 6.45) is 1.90. The highest BCUT2D eigenvalue weighted by molar-refractivity contribution is 6.29. The Hall–Kier alpha value is -1.21. The van der Waals surface area contributed by atoms with Crippen LogP contribution >= 0.6 is 11.6 Å². The largest absolute Gasteiger partial charge is 0.352 e. The molecule has 0 saturated heterocycles. The first-order valence-corrected chi connectivity index (χ1v) is 4.13. The van der Waals surface area contributed by atoms with Crippen LogP contribution < -0.4 is 0 Å². The molecular formula is C10H8ClN. The van der Waals surface area contributed by atoms with Gasteiger partial charge in [0.15, 0.2) is 0 Å². The van der Waals surface area contributed by atoms with Gasteiger partial charge >= 0.3 is 0 Å². The topological polar surface area (TPSA) is 15.8 Å². The zero-order chi connectivity index (χ0) is 8.39. The number of rotatable bonds is 1. The minimum atomic E-state index is 0.675. The van der Waals surface area contributed by atoms with Crippen LogP contribution in [0.15, 0.2) is 42.6 Å². The summed E-state index contributed by atoms with van der Waals surface area (Å²) < 4.78 is 0. The number of hydrogen-bond acceptors (Lipinski definition) is 0. The molecule has 2 heteroatoms. The van der Waals surface area contributed by atoms with Crippen LogP contribution in [0.4, 0.5) is 0 Å². The van der Waals surface area contributed by atoms with Crippen molar-refractivity contribution in [1.29, 1.82) is 0 Å². The average molecular weight is 178 g/mol. The summed E-state index contributed by atoms with van der Waals surface area (Å²) in [7, 11) is 0. The molecule has 0 spiro atoms. The molecule has 0 aliphatic heterocycles. The number of aromatic amines is 1. The molecule has 1 N–H and O–H groups in total. The molecule has 60 valence electrons. The van der Waals surface area contributed by atoms with E-state index in [0.717, 1.165) is 5.56 Å². The van der Waals surface area contributed by atoms with Crippen LogP contribution in [-0.2, 0) is 0 Å². The monoisotopic (exact) mass is 177 g/mol. The van der Waals surface area contributed by atoms with E-state index in [-0.39, 0.29) is 0 Å². The number of halogens is 1. The quantitative estimate of drug-likeness (QED) is 0.688. The van der Waals surface area contributed by atoms with E-state index in [9.17, 15) is 0 Å². The molecule has 0 radical (unpaired) electrons. The second-order valence-electron chi connectivity index (χ2n) is 2.60. The molecule has 0 aliphatic carbocycles. The third-order valence-corrected chi connectivity index (χ3v) is 1.97. The highest BCUT2D eigenvalue weighted by atomic mass is 35.5. The van der Waals surface area contributed by atoms with Gasteiger partial charge in [0.2, 0.25) is 0 Å². The zero-order valence-electron chi connectivity index (χ0n) is 6.42. The summed E-state index contributed by atoms with van der Waals surface area (Å²) in [6, 6.07) is 12.0. The maximum absolute atomic E-state index is 5.75. The minimum absolute atomic E-state index is 0.675. The summed E-state index contributed by atoms with van der Waals surface area (Å²) in [5, 5.41) is 0.675. The molecule has 1 heterocycles. The molecular weight excluding hydrogens is 170 g/mol. The van der Waals surface area contributed by atoms with E-state index in [4.69, 9.17) is 11.6 Å². The van der Waals surface area contributed by atoms with E-state index < -0.39 is 0 Å². The molecule has 0 saturated carbocycles. The number of hydrogen-bond donors (Lipinski definition) is 1. The molecule has 1 aromatic heterocycles. The van der Waals surface area contributed by atoms with Crippen LogP contribution in [0.5, 0.6) is 0 Å². The normalized spacial score (nSPS) is 10.1. The Morgan fingerprint density at radius 3 is 2.33 bits per heavy atom. The highest BCUT2D eigenvalue weighted by Gasteiger charge is 1.97. The van der Waals surface area contributed by atoms with E-state index in [1.54, 1.807) is 0 Å². The average Bonchev–Trinajstić information content (AvgIpc) is 2.54. The lowest BCUT2D eigenvalue weighted by molar-refractivity contribution is 1.41. The van der Waals surface area contributed by atoms with Gasteiger partial charge < -0.3 is 4.98 Å². The molecule has 1 nitrogen and oxygen atoms in total. The van der Waals surface area contributed by atoms with Gasteiger partial charge in [-0.2, -0.15) is 0 Å². The lowest BCUT2D eigenvalue weighted by Crippen LogP contribution is -1.69. The Kier molecular flexibility index (Phi) is 1.88. The molecule has 0 unspecified atom stereocenters. The lowest BCUT2D eigenvalue weighted by atomic mass is 10.1. The highest BCUT2D eigenvalue weighted by Crippen LogP contribution is 2.21. The maximum Gasteiger partial charge on any atom is 0.106 e. The molecule has 0 atom stereocenters. The second kappa shape index (κ2) is 3.03. The van der Waals surface area contributed by atoms with E-state index in [1.807, 2.05) is 30.5 Å². The van der Waals surface area contributed by atoms with Crippen molar-refractivity contribution in [2.75, 3.05) is 0 Å². The summed E-state index contributed by atoms with van der Waals surface area (Å²) in [5.41, 5.74) is 2.31. The van der Waals surface area contributed by atoms with Gasteiger partial charge in [0, 0.05) is 11.8 Å². The summed E-state index contributed by atoms with van der Waals surface area (Å²) in [6.45, 7) is 0. The van der Waals surface area contributed by atoms with E-state index in [1.165, 1.54) is 5.56 Å². The molecule has 12 heavy (non-hydrogen) atoms. The second-order valence-corrected chi connectivity index (χ2v) is 3.01. The Morgan fingerprint density at radius 1 is 1.00 bits per heavy atom. The van der Waals surface area contributed by atoms with Gasteiger partial charge in [0.25, 0.3) is 0 Å². The molecule has 0 aliphatic rings. The van der Waals surface area contributed by atoms with Crippen molar-refractivity contribution in [3.63, 3.8) is 0 Å². The van der Waals surface area contributed by atoms with Crippen molar-refractivity contribution in [2.45, 2.75) is 0 Å². The Bertz CT molecular complexity index is 364. The van der Waals surface area contributed by atoms with Crippen molar-refractivity contribution in [3.05, 3.63) is 47.7 Å². The van der Waals surface area contributed by atoms with Crippen molar-refractivity contribution in [1.82, 2.24) is 4.98 Å². The molecule has 0 fully saturated rings. The summed E-state index contributed by atoms with van der Waals surface area (Å²) in [5.74, 6) is 0.